The van der Waals surface area contributed by atoms with Crippen LogP contribution < -0.4 is 0 Å². The number of fused-ring (bicyclic) bond motifs is 1. The van der Waals surface area contributed by atoms with Crippen molar-refractivity contribution in [1.29, 1.82) is 0 Å². The van der Waals surface area contributed by atoms with E-state index in [1.54, 1.807) is 0 Å². The second-order valence-corrected chi connectivity index (χ2v) is 4.63. The Morgan fingerprint density at radius 3 is 3.00 bits per heavy atom. The molecule has 2 aliphatic rings. The Labute approximate surface area is 80.2 Å². The van der Waals surface area contributed by atoms with Gasteiger partial charge in [-0.15, -0.1) is 0 Å². The van der Waals surface area contributed by atoms with Gasteiger partial charge in [0.05, 0.1) is 0 Å². The van der Waals surface area contributed by atoms with Crippen LogP contribution in [0.3, 0.4) is 0 Å². The lowest BCUT2D eigenvalue weighted by Crippen LogP contribution is -2.41. The van der Waals surface area contributed by atoms with Crippen LogP contribution in [0, 0.1) is 17.3 Å². The van der Waals surface area contributed by atoms with E-state index in [4.69, 9.17) is 0 Å². The van der Waals surface area contributed by atoms with Crippen molar-refractivity contribution < 1.29 is 4.79 Å². The summed E-state index contributed by atoms with van der Waals surface area (Å²) in [6, 6.07) is 0. The average molecular weight is 178 g/mol. The number of carbonyl (C=O) groups excluding carboxylic acids is 1. The minimum Gasteiger partial charge on any atom is -0.303 e. The number of allylic oxidation sites excluding steroid dienone is 2. The van der Waals surface area contributed by atoms with Crippen LogP contribution in [0.25, 0.3) is 0 Å². The predicted octanol–water partition coefficient (Wildman–Crippen LogP) is 2.96. The van der Waals surface area contributed by atoms with Crippen LogP contribution in [0.4, 0.5) is 0 Å². The number of carbonyl (C=O) groups is 1. The van der Waals surface area contributed by atoms with Crippen molar-refractivity contribution in [2.24, 2.45) is 17.3 Å². The molecule has 0 unspecified atom stereocenters. The Kier molecular flexibility index (Phi) is 2.27. The van der Waals surface area contributed by atoms with Crippen LogP contribution in [0.1, 0.15) is 39.0 Å². The first-order chi connectivity index (χ1) is 6.29. The molecule has 0 aromatic rings. The van der Waals surface area contributed by atoms with Crippen LogP contribution in [-0.2, 0) is 4.79 Å². The van der Waals surface area contributed by atoms with Crippen molar-refractivity contribution >= 4 is 6.29 Å². The van der Waals surface area contributed by atoms with Crippen molar-refractivity contribution in [3.05, 3.63) is 12.2 Å². The molecule has 1 heteroatoms. The molecule has 1 saturated carbocycles. The van der Waals surface area contributed by atoms with Gasteiger partial charge in [-0.2, -0.15) is 0 Å². The van der Waals surface area contributed by atoms with E-state index in [2.05, 4.69) is 19.1 Å². The first-order valence-electron chi connectivity index (χ1n) is 5.42. The van der Waals surface area contributed by atoms with E-state index in [1.165, 1.54) is 25.5 Å². The fraction of sp³-hybridized carbons (Fsp3) is 0.750. The Morgan fingerprint density at radius 1 is 1.46 bits per heavy atom. The van der Waals surface area contributed by atoms with Gasteiger partial charge in [0.25, 0.3) is 0 Å². The fourth-order valence-corrected chi connectivity index (χ4v) is 3.12. The minimum absolute atomic E-state index is 0.00694. The molecule has 13 heavy (non-hydrogen) atoms. The van der Waals surface area contributed by atoms with E-state index in [-0.39, 0.29) is 5.41 Å². The lowest BCUT2D eigenvalue weighted by atomic mass is 9.58. The number of aldehydes is 1. The molecule has 1 nitrogen and oxygen atoms in total. The third-order valence-corrected chi connectivity index (χ3v) is 4.08. The van der Waals surface area contributed by atoms with Crippen LogP contribution in [0.2, 0.25) is 0 Å². The van der Waals surface area contributed by atoms with Gasteiger partial charge in [0.15, 0.2) is 0 Å². The van der Waals surface area contributed by atoms with Crippen molar-refractivity contribution in [1.82, 2.24) is 0 Å². The molecule has 72 valence electrons. The predicted molar refractivity (Wildman–Crippen MR) is 53.4 cm³/mol. The second-order valence-electron chi connectivity index (χ2n) is 4.63. The highest BCUT2D eigenvalue weighted by Gasteiger charge is 2.44. The average Bonchev–Trinajstić information content (AvgIpc) is 2.19. The third-order valence-electron chi connectivity index (χ3n) is 4.08. The van der Waals surface area contributed by atoms with Gasteiger partial charge in [0.1, 0.15) is 6.29 Å². The van der Waals surface area contributed by atoms with E-state index in [9.17, 15) is 4.79 Å². The van der Waals surface area contributed by atoms with Crippen molar-refractivity contribution in [2.45, 2.75) is 39.0 Å². The summed E-state index contributed by atoms with van der Waals surface area (Å²) in [4.78, 5) is 11.3. The van der Waals surface area contributed by atoms with Gasteiger partial charge in [0.2, 0.25) is 0 Å². The first-order valence-corrected chi connectivity index (χ1v) is 5.42. The summed E-state index contributed by atoms with van der Waals surface area (Å²) in [7, 11) is 0. The molecular formula is C12H18O. The molecule has 2 rings (SSSR count). The minimum atomic E-state index is 0.00694. The summed E-state index contributed by atoms with van der Waals surface area (Å²) in [6.07, 6.45) is 11.8. The second kappa shape index (κ2) is 3.28. The van der Waals surface area contributed by atoms with Gasteiger partial charge >= 0.3 is 0 Å². The zero-order chi connectivity index (χ0) is 9.31. The lowest BCUT2D eigenvalue weighted by Gasteiger charge is -2.45. The lowest BCUT2D eigenvalue weighted by molar-refractivity contribution is -0.124. The molecule has 0 saturated heterocycles. The summed E-state index contributed by atoms with van der Waals surface area (Å²) < 4.78 is 0. The largest absolute Gasteiger partial charge is 0.303 e. The Bertz CT molecular complexity index is 231. The normalized spacial score (nSPS) is 44.1. The van der Waals surface area contributed by atoms with Gasteiger partial charge in [0, 0.05) is 5.41 Å². The molecule has 3 atom stereocenters. The quantitative estimate of drug-likeness (QED) is 0.445. The summed E-state index contributed by atoms with van der Waals surface area (Å²) in [5.74, 6) is 1.10. The highest BCUT2D eigenvalue weighted by atomic mass is 16.1. The monoisotopic (exact) mass is 178 g/mol. The van der Waals surface area contributed by atoms with E-state index < -0.39 is 0 Å². The Balaban J connectivity index is 2.30. The topological polar surface area (TPSA) is 17.1 Å². The van der Waals surface area contributed by atoms with Crippen molar-refractivity contribution in [3.63, 3.8) is 0 Å². The molecule has 0 heterocycles. The van der Waals surface area contributed by atoms with Gasteiger partial charge < -0.3 is 4.79 Å². The van der Waals surface area contributed by atoms with Crippen LogP contribution >= 0.6 is 0 Å². The zero-order valence-electron chi connectivity index (χ0n) is 8.33. The smallest absolute Gasteiger partial charge is 0.127 e. The summed E-state index contributed by atoms with van der Waals surface area (Å²) in [5, 5.41) is 0. The first kappa shape index (κ1) is 8.98. The maximum absolute atomic E-state index is 11.3. The molecular weight excluding hydrogens is 160 g/mol. The molecule has 1 fully saturated rings. The van der Waals surface area contributed by atoms with Crippen molar-refractivity contribution in [3.8, 4) is 0 Å². The summed E-state index contributed by atoms with van der Waals surface area (Å²) in [6.45, 7) is 2.20. The van der Waals surface area contributed by atoms with E-state index in [0.717, 1.165) is 12.8 Å². The van der Waals surface area contributed by atoms with Gasteiger partial charge in [-0.25, -0.2) is 0 Å². The molecule has 0 amide bonds. The van der Waals surface area contributed by atoms with Crippen LogP contribution in [0.5, 0.6) is 0 Å². The number of rotatable bonds is 1. The van der Waals surface area contributed by atoms with Crippen LogP contribution in [-0.4, -0.2) is 6.29 Å². The Morgan fingerprint density at radius 2 is 2.31 bits per heavy atom. The standard InChI is InChI=1S/C12H18O/c1-10-5-4-7-11-6-2-3-8-12(10,11)9-13/h4-5,9-11H,2-3,6-8H2,1H3/t10-,11-,12-/m0/s1. The molecule has 0 aliphatic heterocycles. The number of hydrogen-bond acceptors (Lipinski definition) is 1. The summed E-state index contributed by atoms with van der Waals surface area (Å²) in [5.41, 5.74) is 0.00694. The molecule has 0 aromatic carbocycles. The van der Waals surface area contributed by atoms with E-state index >= 15 is 0 Å². The summed E-state index contributed by atoms with van der Waals surface area (Å²) >= 11 is 0. The molecule has 2 aliphatic carbocycles. The maximum Gasteiger partial charge on any atom is 0.127 e. The third kappa shape index (κ3) is 1.25. The Hall–Kier alpha value is -0.590. The zero-order valence-corrected chi connectivity index (χ0v) is 8.33. The molecule has 0 radical (unpaired) electrons. The van der Waals surface area contributed by atoms with Crippen LogP contribution in [0.15, 0.2) is 12.2 Å². The SMILES string of the molecule is C[C@H]1C=CC[C@@H]2CCCC[C@@]21C=O. The molecule has 0 spiro atoms. The van der Waals surface area contributed by atoms with Gasteiger partial charge in [-0.05, 0) is 31.1 Å². The fourth-order valence-electron chi connectivity index (χ4n) is 3.12. The molecule has 0 bridgehead atoms. The molecule has 0 N–H and O–H groups in total. The van der Waals surface area contributed by atoms with Gasteiger partial charge in [-0.1, -0.05) is 31.9 Å². The molecule has 0 aromatic heterocycles. The highest BCUT2D eigenvalue weighted by molar-refractivity contribution is 5.62. The highest BCUT2D eigenvalue weighted by Crippen LogP contribution is 2.49. The van der Waals surface area contributed by atoms with Crippen molar-refractivity contribution in [2.75, 3.05) is 0 Å². The maximum atomic E-state index is 11.3. The number of hydrogen-bond donors (Lipinski definition) is 0. The van der Waals surface area contributed by atoms with E-state index in [1.807, 2.05) is 0 Å². The van der Waals surface area contributed by atoms with Gasteiger partial charge in [-0.3, -0.25) is 0 Å². The van der Waals surface area contributed by atoms with E-state index in [0.29, 0.717) is 11.8 Å².